The van der Waals surface area contributed by atoms with Crippen molar-refractivity contribution in [3.63, 3.8) is 0 Å². The van der Waals surface area contributed by atoms with Gasteiger partial charge in [-0.25, -0.2) is 4.79 Å². The summed E-state index contributed by atoms with van der Waals surface area (Å²) in [5.41, 5.74) is -0.219. The van der Waals surface area contributed by atoms with Crippen LogP contribution in [0, 0.1) is 0 Å². The lowest BCUT2D eigenvalue weighted by Gasteiger charge is -2.17. The van der Waals surface area contributed by atoms with Crippen molar-refractivity contribution in [3.05, 3.63) is 40.8 Å². The number of nitrogens with zero attached hydrogens (tertiary/aromatic N) is 1. The second-order valence-electron chi connectivity index (χ2n) is 5.27. The summed E-state index contributed by atoms with van der Waals surface area (Å²) in [5, 5.41) is 1.31. The average Bonchev–Trinajstić information content (AvgIpc) is 2.61. The lowest BCUT2D eigenvalue weighted by Crippen LogP contribution is -2.31. The number of aromatic nitrogens is 1. The van der Waals surface area contributed by atoms with Crippen LogP contribution in [0.3, 0.4) is 0 Å². The summed E-state index contributed by atoms with van der Waals surface area (Å²) < 4.78 is 17.0. The number of pyridine rings is 1. The Morgan fingerprint density at radius 3 is 2.67 bits per heavy atom. The van der Waals surface area contributed by atoms with Crippen LogP contribution in [0.5, 0.6) is 5.75 Å². The van der Waals surface area contributed by atoms with Crippen molar-refractivity contribution in [1.29, 1.82) is 0 Å². The molecule has 0 saturated carbocycles. The predicted molar refractivity (Wildman–Crippen MR) is 91.5 cm³/mol. The van der Waals surface area contributed by atoms with Crippen LogP contribution in [0.2, 0.25) is 0 Å². The van der Waals surface area contributed by atoms with Gasteiger partial charge in [0.05, 0.1) is 13.7 Å². The second kappa shape index (κ2) is 8.49. The quantitative estimate of drug-likeness (QED) is 0.548. The molecule has 2 rings (SSSR count). The Kier molecular flexibility index (Phi) is 6.37. The number of hydrogen-bond donors (Lipinski definition) is 0. The smallest absolute Gasteiger partial charge is 0.329 e. The number of benzene rings is 1. The van der Waals surface area contributed by atoms with Crippen LogP contribution >= 0.6 is 0 Å². The van der Waals surface area contributed by atoms with Crippen molar-refractivity contribution in [2.75, 3.05) is 26.9 Å². The summed E-state index contributed by atoms with van der Waals surface area (Å²) in [6.07, 6.45) is 2.09. The van der Waals surface area contributed by atoms with Gasteiger partial charge in [-0.1, -0.05) is 6.92 Å². The molecule has 0 aliphatic carbocycles. The summed E-state index contributed by atoms with van der Waals surface area (Å²) in [7, 11) is 1.58. The highest BCUT2D eigenvalue weighted by Gasteiger charge is 2.21. The summed E-state index contributed by atoms with van der Waals surface area (Å²) in [6.45, 7) is 4.83. The first-order chi connectivity index (χ1) is 11.6. The Morgan fingerprint density at radius 2 is 2.00 bits per heavy atom. The van der Waals surface area contributed by atoms with E-state index in [0.717, 1.165) is 5.39 Å². The van der Waals surface area contributed by atoms with E-state index in [1.807, 2.05) is 13.8 Å². The van der Waals surface area contributed by atoms with Gasteiger partial charge in [0.25, 0.3) is 5.56 Å². The lowest BCUT2D eigenvalue weighted by molar-refractivity contribution is -0.149. The second-order valence-corrected chi connectivity index (χ2v) is 5.27. The molecule has 2 aromatic rings. The summed E-state index contributed by atoms with van der Waals surface area (Å²) >= 11 is 0. The number of esters is 1. The SMILES string of the molecule is CCOCCOC(=O)C(CC)n1ccc2cc(OC)ccc2c1=O. The molecular weight excluding hydrogens is 310 g/mol. The fourth-order valence-electron chi connectivity index (χ4n) is 2.53. The zero-order chi connectivity index (χ0) is 17.5. The largest absolute Gasteiger partial charge is 0.497 e. The zero-order valence-corrected chi connectivity index (χ0v) is 14.3. The van der Waals surface area contributed by atoms with Crippen LogP contribution < -0.4 is 10.3 Å². The third-order valence-electron chi connectivity index (χ3n) is 3.81. The van der Waals surface area contributed by atoms with E-state index < -0.39 is 12.0 Å². The van der Waals surface area contributed by atoms with E-state index in [4.69, 9.17) is 14.2 Å². The van der Waals surface area contributed by atoms with Crippen molar-refractivity contribution < 1.29 is 19.0 Å². The van der Waals surface area contributed by atoms with Crippen molar-refractivity contribution >= 4 is 16.7 Å². The van der Waals surface area contributed by atoms with Crippen LogP contribution in [0.25, 0.3) is 10.8 Å². The fourth-order valence-corrected chi connectivity index (χ4v) is 2.53. The Labute approximate surface area is 140 Å². The van der Waals surface area contributed by atoms with E-state index in [1.54, 1.807) is 37.6 Å². The molecule has 1 aromatic heterocycles. The van der Waals surface area contributed by atoms with Crippen molar-refractivity contribution in [3.8, 4) is 5.75 Å². The molecule has 0 radical (unpaired) electrons. The van der Waals surface area contributed by atoms with Gasteiger partial charge in [-0.2, -0.15) is 0 Å². The van der Waals surface area contributed by atoms with Crippen molar-refractivity contribution in [2.24, 2.45) is 0 Å². The number of rotatable bonds is 8. The molecule has 24 heavy (non-hydrogen) atoms. The Bertz CT molecular complexity index is 753. The maximum Gasteiger partial charge on any atom is 0.329 e. The molecular formula is C18H23NO5. The number of hydrogen-bond acceptors (Lipinski definition) is 5. The molecule has 6 nitrogen and oxygen atoms in total. The molecule has 130 valence electrons. The minimum Gasteiger partial charge on any atom is -0.497 e. The fraction of sp³-hybridized carbons (Fsp3) is 0.444. The third kappa shape index (κ3) is 3.94. The molecule has 0 N–H and O–H groups in total. The first kappa shape index (κ1) is 18.0. The number of fused-ring (bicyclic) bond motifs is 1. The van der Waals surface area contributed by atoms with Crippen LogP contribution in [0.1, 0.15) is 26.3 Å². The number of methoxy groups -OCH3 is 1. The van der Waals surface area contributed by atoms with Gasteiger partial charge in [-0.05, 0) is 43.0 Å². The molecule has 0 fully saturated rings. The molecule has 1 heterocycles. The molecule has 0 saturated heterocycles. The summed E-state index contributed by atoms with van der Waals surface area (Å²) in [4.78, 5) is 25.0. The Balaban J connectivity index is 2.26. The van der Waals surface area contributed by atoms with Gasteiger partial charge in [0, 0.05) is 18.2 Å². The van der Waals surface area contributed by atoms with E-state index in [1.165, 1.54) is 4.57 Å². The van der Waals surface area contributed by atoms with E-state index in [9.17, 15) is 9.59 Å². The Morgan fingerprint density at radius 1 is 1.21 bits per heavy atom. The molecule has 0 aliphatic rings. The van der Waals surface area contributed by atoms with Gasteiger partial charge in [-0.15, -0.1) is 0 Å². The maximum absolute atomic E-state index is 12.7. The van der Waals surface area contributed by atoms with Crippen molar-refractivity contribution in [2.45, 2.75) is 26.3 Å². The first-order valence-electron chi connectivity index (χ1n) is 8.05. The molecule has 0 spiro atoms. The molecule has 0 amide bonds. The third-order valence-corrected chi connectivity index (χ3v) is 3.81. The predicted octanol–water partition coefficient (Wildman–Crippen LogP) is 2.54. The number of carbonyl (C=O) groups is 1. The highest BCUT2D eigenvalue weighted by molar-refractivity contribution is 5.83. The standard InChI is InChI=1S/C18H23NO5/c1-4-16(18(21)24-11-10-23-5-2)19-9-8-13-12-14(22-3)6-7-15(13)17(19)20/h6-9,12,16H,4-5,10-11H2,1-3H3. The van der Waals surface area contributed by atoms with Crippen LogP contribution in [0.4, 0.5) is 0 Å². The highest BCUT2D eigenvalue weighted by atomic mass is 16.6. The van der Waals surface area contributed by atoms with Crippen LogP contribution in [-0.4, -0.2) is 37.5 Å². The maximum atomic E-state index is 12.7. The van der Waals surface area contributed by atoms with E-state index >= 15 is 0 Å². The monoisotopic (exact) mass is 333 g/mol. The first-order valence-corrected chi connectivity index (χ1v) is 8.05. The summed E-state index contributed by atoms with van der Waals surface area (Å²) in [5.74, 6) is 0.259. The van der Waals surface area contributed by atoms with E-state index in [2.05, 4.69) is 0 Å². The normalized spacial score (nSPS) is 12.1. The average molecular weight is 333 g/mol. The molecule has 1 aromatic carbocycles. The van der Waals surface area contributed by atoms with Gasteiger partial charge < -0.3 is 18.8 Å². The summed E-state index contributed by atoms with van der Waals surface area (Å²) in [6, 6.07) is 6.39. The van der Waals surface area contributed by atoms with Gasteiger partial charge in [-0.3, -0.25) is 4.79 Å². The molecule has 0 aliphatic heterocycles. The minimum absolute atomic E-state index is 0.183. The van der Waals surface area contributed by atoms with Crippen molar-refractivity contribution in [1.82, 2.24) is 4.57 Å². The van der Waals surface area contributed by atoms with Gasteiger partial charge in [0.15, 0.2) is 0 Å². The molecule has 6 heteroatoms. The number of carbonyl (C=O) groups excluding carboxylic acids is 1. The Hall–Kier alpha value is -2.34. The van der Waals surface area contributed by atoms with Gasteiger partial charge >= 0.3 is 5.97 Å². The van der Waals surface area contributed by atoms with E-state index in [0.29, 0.717) is 30.8 Å². The molecule has 1 unspecified atom stereocenters. The van der Waals surface area contributed by atoms with Gasteiger partial charge in [0.1, 0.15) is 18.4 Å². The van der Waals surface area contributed by atoms with E-state index in [-0.39, 0.29) is 12.2 Å². The topological polar surface area (TPSA) is 66.8 Å². The zero-order valence-electron chi connectivity index (χ0n) is 14.3. The van der Waals surface area contributed by atoms with Crippen LogP contribution in [0.15, 0.2) is 35.3 Å². The molecule has 0 bridgehead atoms. The van der Waals surface area contributed by atoms with Crippen LogP contribution in [-0.2, 0) is 14.3 Å². The highest BCUT2D eigenvalue weighted by Crippen LogP contribution is 2.20. The minimum atomic E-state index is -0.648. The molecule has 1 atom stereocenters. The lowest BCUT2D eigenvalue weighted by atomic mass is 10.1. The van der Waals surface area contributed by atoms with Gasteiger partial charge in [0.2, 0.25) is 0 Å². The number of ether oxygens (including phenoxy) is 3.